The zero-order valence-corrected chi connectivity index (χ0v) is 13.3. The molecule has 0 saturated heterocycles. The Balaban J connectivity index is 2.51. The summed E-state index contributed by atoms with van der Waals surface area (Å²) in [5.41, 5.74) is 2.50. The molecule has 1 heterocycles. The molecule has 7 heteroatoms. The van der Waals surface area contributed by atoms with Gasteiger partial charge in [-0.25, -0.2) is 4.98 Å². The highest BCUT2D eigenvalue weighted by Gasteiger charge is 2.26. The topological polar surface area (TPSA) is 55.2 Å². The van der Waals surface area contributed by atoms with Crippen LogP contribution in [0.2, 0.25) is 5.28 Å². The zero-order chi connectivity index (χ0) is 15.1. The number of sulfonamides is 1. The summed E-state index contributed by atoms with van der Waals surface area (Å²) in [6.45, 7) is 3.78. The molecule has 0 N–H and O–H groups in total. The number of halogens is 1. The predicted molar refractivity (Wildman–Crippen MR) is 79.7 cm³/mol. The van der Waals surface area contributed by atoms with E-state index in [-0.39, 0.29) is 10.3 Å². The summed E-state index contributed by atoms with van der Waals surface area (Å²) in [6, 6.07) is 5.66. The summed E-state index contributed by atoms with van der Waals surface area (Å²) in [7, 11) is -0.557. The third-order valence-corrected chi connectivity index (χ3v) is 5.12. The summed E-state index contributed by atoms with van der Waals surface area (Å²) < 4.78 is 27.8. The molecular weight excluding hydrogens is 298 g/mol. The van der Waals surface area contributed by atoms with E-state index in [2.05, 4.69) is 4.98 Å². The van der Waals surface area contributed by atoms with Crippen molar-refractivity contribution in [3.63, 3.8) is 0 Å². The van der Waals surface area contributed by atoms with E-state index in [4.69, 9.17) is 11.6 Å². The van der Waals surface area contributed by atoms with E-state index in [0.717, 1.165) is 11.1 Å². The molecule has 1 aromatic heterocycles. The average Bonchev–Trinajstić information content (AvgIpc) is 2.72. The summed E-state index contributed by atoms with van der Waals surface area (Å²) in [4.78, 5) is 3.88. The minimum atomic E-state index is -3.72. The maximum absolute atomic E-state index is 12.6. The number of nitrogens with zero attached hydrogens (tertiary/aromatic N) is 3. The zero-order valence-electron chi connectivity index (χ0n) is 11.8. The number of benzene rings is 1. The van der Waals surface area contributed by atoms with Gasteiger partial charge in [-0.3, -0.25) is 4.31 Å². The largest absolute Gasteiger partial charge is 0.323 e. The number of aryl methyl sites for hydroxylation is 3. The van der Waals surface area contributed by atoms with Crippen LogP contribution in [0, 0.1) is 13.8 Å². The van der Waals surface area contributed by atoms with Crippen LogP contribution in [-0.4, -0.2) is 25.0 Å². The number of aromatic nitrogens is 2. The fourth-order valence-corrected chi connectivity index (χ4v) is 3.29. The molecule has 108 valence electrons. The van der Waals surface area contributed by atoms with Crippen molar-refractivity contribution in [3.05, 3.63) is 40.8 Å². The Bertz CT molecular complexity index is 733. The van der Waals surface area contributed by atoms with Crippen molar-refractivity contribution >= 4 is 27.3 Å². The first-order chi connectivity index (χ1) is 9.23. The van der Waals surface area contributed by atoms with Crippen LogP contribution >= 0.6 is 11.6 Å². The Morgan fingerprint density at radius 2 is 1.95 bits per heavy atom. The van der Waals surface area contributed by atoms with E-state index in [0.29, 0.717) is 5.69 Å². The van der Waals surface area contributed by atoms with E-state index in [1.807, 2.05) is 32.0 Å². The Morgan fingerprint density at radius 3 is 2.50 bits per heavy atom. The highest BCUT2D eigenvalue weighted by molar-refractivity contribution is 7.92. The third-order valence-electron chi connectivity index (χ3n) is 3.13. The van der Waals surface area contributed by atoms with Crippen molar-refractivity contribution in [1.29, 1.82) is 0 Å². The summed E-state index contributed by atoms with van der Waals surface area (Å²) in [5.74, 6) is 0. The monoisotopic (exact) mass is 313 g/mol. The van der Waals surface area contributed by atoms with Gasteiger partial charge in [0.05, 0.1) is 5.69 Å². The average molecular weight is 314 g/mol. The van der Waals surface area contributed by atoms with Crippen molar-refractivity contribution in [1.82, 2.24) is 9.55 Å². The molecule has 1 aromatic carbocycles. The molecule has 20 heavy (non-hydrogen) atoms. The van der Waals surface area contributed by atoms with Gasteiger partial charge in [-0.05, 0) is 42.6 Å². The van der Waals surface area contributed by atoms with Crippen LogP contribution in [0.1, 0.15) is 11.1 Å². The highest BCUT2D eigenvalue weighted by Crippen LogP contribution is 2.26. The number of imidazole rings is 1. The molecule has 0 aliphatic heterocycles. The van der Waals surface area contributed by atoms with E-state index in [1.54, 1.807) is 7.05 Å². The van der Waals surface area contributed by atoms with Gasteiger partial charge in [0.1, 0.15) is 0 Å². The van der Waals surface area contributed by atoms with Gasteiger partial charge in [0.2, 0.25) is 5.28 Å². The molecule has 0 radical (unpaired) electrons. The lowest BCUT2D eigenvalue weighted by Crippen LogP contribution is -2.27. The molecule has 0 fully saturated rings. The Morgan fingerprint density at radius 1 is 1.30 bits per heavy atom. The van der Waals surface area contributed by atoms with Gasteiger partial charge >= 0.3 is 0 Å². The molecule has 0 aliphatic carbocycles. The van der Waals surface area contributed by atoms with Crippen LogP contribution in [0.3, 0.4) is 0 Å². The van der Waals surface area contributed by atoms with E-state index in [1.165, 1.54) is 22.1 Å². The molecule has 0 amide bonds. The van der Waals surface area contributed by atoms with Crippen molar-refractivity contribution in [2.45, 2.75) is 18.9 Å². The second-order valence-corrected chi connectivity index (χ2v) is 6.98. The van der Waals surface area contributed by atoms with E-state index >= 15 is 0 Å². The molecule has 0 unspecified atom stereocenters. The van der Waals surface area contributed by atoms with Crippen molar-refractivity contribution in [2.75, 3.05) is 11.4 Å². The maximum atomic E-state index is 12.6. The van der Waals surface area contributed by atoms with Gasteiger partial charge in [0.15, 0.2) is 5.03 Å². The van der Waals surface area contributed by atoms with Crippen molar-refractivity contribution in [2.24, 2.45) is 7.05 Å². The molecule has 0 spiro atoms. The number of hydrogen-bond acceptors (Lipinski definition) is 3. The first kappa shape index (κ1) is 14.9. The molecule has 0 atom stereocenters. The predicted octanol–water partition coefficient (Wildman–Crippen LogP) is 2.52. The lowest BCUT2D eigenvalue weighted by atomic mass is 10.1. The first-order valence-electron chi connectivity index (χ1n) is 5.98. The summed E-state index contributed by atoms with van der Waals surface area (Å²) >= 11 is 5.81. The van der Waals surface area contributed by atoms with Crippen molar-refractivity contribution < 1.29 is 8.42 Å². The smallest absolute Gasteiger partial charge is 0.283 e. The fourth-order valence-electron chi connectivity index (χ4n) is 1.87. The van der Waals surface area contributed by atoms with Gasteiger partial charge < -0.3 is 4.57 Å². The highest BCUT2D eigenvalue weighted by atomic mass is 35.5. The minimum Gasteiger partial charge on any atom is -0.323 e. The van der Waals surface area contributed by atoms with Crippen LogP contribution < -0.4 is 4.31 Å². The first-order valence-corrected chi connectivity index (χ1v) is 7.80. The van der Waals surface area contributed by atoms with Gasteiger partial charge in [0, 0.05) is 20.3 Å². The lowest BCUT2D eigenvalue weighted by molar-refractivity contribution is 0.591. The summed E-state index contributed by atoms with van der Waals surface area (Å²) in [6.07, 6.45) is 1.40. The van der Waals surface area contributed by atoms with Gasteiger partial charge in [-0.2, -0.15) is 8.42 Å². The Kier molecular flexibility index (Phi) is 3.80. The van der Waals surface area contributed by atoms with Gasteiger partial charge in [-0.1, -0.05) is 12.1 Å². The Hall–Kier alpha value is -1.53. The van der Waals surface area contributed by atoms with Crippen LogP contribution in [0.15, 0.2) is 29.4 Å². The Labute approximate surface area is 123 Å². The molecule has 0 saturated carbocycles. The minimum absolute atomic E-state index is 0.0617. The lowest BCUT2D eigenvalue weighted by Gasteiger charge is -2.20. The normalized spacial score (nSPS) is 11.7. The number of rotatable bonds is 3. The van der Waals surface area contributed by atoms with Crippen LogP contribution in [0.4, 0.5) is 5.69 Å². The van der Waals surface area contributed by atoms with Crippen LogP contribution in [-0.2, 0) is 17.1 Å². The van der Waals surface area contributed by atoms with Crippen LogP contribution in [0.25, 0.3) is 0 Å². The maximum Gasteiger partial charge on any atom is 0.283 e. The van der Waals surface area contributed by atoms with Gasteiger partial charge in [0.25, 0.3) is 10.0 Å². The standard InChI is InChI=1S/C13H16ClN3O2S/c1-9-5-6-10(2)11(7-9)17(4)20(18,19)12-8-16(3)13(14)15-12/h5-8H,1-4H3. The molecular formula is C13H16ClN3O2S. The van der Waals surface area contributed by atoms with Gasteiger partial charge in [-0.15, -0.1) is 0 Å². The number of anilines is 1. The second-order valence-electron chi connectivity index (χ2n) is 4.72. The molecule has 5 nitrogen and oxygen atoms in total. The quantitative estimate of drug-likeness (QED) is 0.875. The van der Waals surface area contributed by atoms with E-state index in [9.17, 15) is 8.42 Å². The molecule has 0 bridgehead atoms. The van der Waals surface area contributed by atoms with Crippen LogP contribution in [0.5, 0.6) is 0 Å². The van der Waals surface area contributed by atoms with Crippen molar-refractivity contribution in [3.8, 4) is 0 Å². The number of hydrogen-bond donors (Lipinski definition) is 0. The third kappa shape index (κ3) is 2.53. The molecule has 0 aliphatic rings. The van der Waals surface area contributed by atoms with E-state index < -0.39 is 10.0 Å². The summed E-state index contributed by atoms with van der Waals surface area (Å²) in [5, 5.41) is 0.0753. The molecule has 2 rings (SSSR count). The second kappa shape index (κ2) is 5.10. The molecule has 2 aromatic rings. The SMILES string of the molecule is Cc1ccc(C)c(N(C)S(=O)(=O)c2cn(C)c(Cl)n2)c1. The fraction of sp³-hybridized carbons (Fsp3) is 0.308.